The van der Waals surface area contributed by atoms with Gasteiger partial charge in [0.2, 0.25) is 0 Å². The number of nitrogens with one attached hydrogen (secondary N) is 2. The third-order valence-electron chi connectivity index (χ3n) is 4.99. The normalized spacial score (nSPS) is 10.3. The molecule has 8 nitrogen and oxygen atoms in total. The molecular formula is C27H24N4O4. The average Bonchev–Trinajstić information content (AvgIpc) is 2.90. The van der Waals surface area contributed by atoms with Crippen molar-refractivity contribution < 1.29 is 19.1 Å². The van der Waals surface area contributed by atoms with E-state index in [0.717, 1.165) is 22.3 Å². The third-order valence-corrected chi connectivity index (χ3v) is 4.99. The fourth-order valence-corrected chi connectivity index (χ4v) is 3.22. The van der Waals surface area contributed by atoms with Crippen molar-refractivity contribution in [1.82, 2.24) is 9.97 Å². The molecule has 35 heavy (non-hydrogen) atoms. The standard InChI is InChI=1S/C27H24N4O4/c32-26(34-18-22-3-1-13-28-16-22)30-24-9-5-20(6-10-24)15-21-7-11-25(12-8-21)31-27(33)35-19-23-4-2-14-29-17-23/h1-14,16-17H,15,18-19H2,(H,30,32)(H,31,33). The topological polar surface area (TPSA) is 102 Å². The minimum atomic E-state index is -0.524. The fraction of sp³-hybridized carbons (Fsp3) is 0.111. The third kappa shape index (κ3) is 7.68. The van der Waals surface area contributed by atoms with Crippen LogP contribution in [0.1, 0.15) is 22.3 Å². The molecule has 2 amide bonds. The highest BCUT2D eigenvalue weighted by molar-refractivity contribution is 5.85. The molecule has 0 saturated heterocycles. The highest BCUT2D eigenvalue weighted by atomic mass is 16.6. The lowest BCUT2D eigenvalue weighted by molar-refractivity contribution is 0.154. The Morgan fingerprint density at radius 3 is 1.40 bits per heavy atom. The van der Waals surface area contributed by atoms with Gasteiger partial charge in [0, 0.05) is 47.3 Å². The fourth-order valence-electron chi connectivity index (χ4n) is 3.22. The molecular weight excluding hydrogens is 444 g/mol. The van der Waals surface area contributed by atoms with Crippen LogP contribution in [0, 0.1) is 0 Å². The van der Waals surface area contributed by atoms with Gasteiger partial charge in [-0.25, -0.2) is 9.59 Å². The molecule has 0 radical (unpaired) electrons. The van der Waals surface area contributed by atoms with E-state index in [-0.39, 0.29) is 13.2 Å². The van der Waals surface area contributed by atoms with Gasteiger partial charge in [0.15, 0.2) is 0 Å². The van der Waals surface area contributed by atoms with Crippen molar-refractivity contribution in [3.63, 3.8) is 0 Å². The molecule has 0 atom stereocenters. The number of nitrogens with zero attached hydrogens (tertiary/aromatic N) is 2. The second-order valence-corrected chi connectivity index (χ2v) is 7.70. The van der Waals surface area contributed by atoms with Gasteiger partial charge < -0.3 is 9.47 Å². The predicted octanol–water partition coefficient (Wildman–Crippen LogP) is 5.56. The van der Waals surface area contributed by atoms with Crippen LogP contribution in [0.15, 0.2) is 97.6 Å². The van der Waals surface area contributed by atoms with Crippen molar-refractivity contribution in [2.45, 2.75) is 19.6 Å². The van der Waals surface area contributed by atoms with Crippen LogP contribution in [0.25, 0.3) is 0 Å². The number of amides is 2. The van der Waals surface area contributed by atoms with Crippen LogP contribution in [0.3, 0.4) is 0 Å². The monoisotopic (exact) mass is 468 g/mol. The highest BCUT2D eigenvalue weighted by Crippen LogP contribution is 2.17. The van der Waals surface area contributed by atoms with E-state index in [1.165, 1.54) is 0 Å². The SMILES string of the molecule is O=C(Nc1ccc(Cc2ccc(NC(=O)OCc3cccnc3)cc2)cc1)OCc1cccnc1. The summed E-state index contributed by atoms with van der Waals surface area (Å²) in [4.78, 5) is 32.0. The van der Waals surface area contributed by atoms with E-state index in [4.69, 9.17) is 9.47 Å². The largest absolute Gasteiger partial charge is 0.444 e. The molecule has 0 aliphatic rings. The van der Waals surface area contributed by atoms with E-state index in [2.05, 4.69) is 20.6 Å². The van der Waals surface area contributed by atoms with Crippen LogP contribution in [0.4, 0.5) is 21.0 Å². The van der Waals surface area contributed by atoms with Gasteiger partial charge >= 0.3 is 12.2 Å². The number of carbonyl (C=O) groups is 2. The van der Waals surface area contributed by atoms with Crippen LogP contribution < -0.4 is 10.6 Å². The zero-order valence-electron chi connectivity index (χ0n) is 18.9. The first-order valence-electron chi connectivity index (χ1n) is 11.0. The Morgan fingerprint density at radius 2 is 1.03 bits per heavy atom. The lowest BCUT2D eigenvalue weighted by Gasteiger charge is -2.09. The van der Waals surface area contributed by atoms with Crippen molar-refractivity contribution >= 4 is 23.6 Å². The first-order valence-corrected chi connectivity index (χ1v) is 11.0. The molecule has 2 aromatic heterocycles. The summed E-state index contributed by atoms with van der Waals surface area (Å²) in [5.41, 5.74) is 5.09. The molecule has 176 valence electrons. The molecule has 2 aromatic carbocycles. The van der Waals surface area contributed by atoms with E-state index in [1.54, 1.807) is 36.9 Å². The van der Waals surface area contributed by atoms with Crippen molar-refractivity contribution in [2.75, 3.05) is 10.6 Å². The number of ether oxygens (including phenoxy) is 2. The average molecular weight is 469 g/mol. The van der Waals surface area contributed by atoms with Gasteiger partial charge in [-0.2, -0.15) is 0 Å². The van der Waals surface area contributed by atoms with E-state index in [1.807, 2.05) is 60.7 Å². The van der Waals surface area contributed by atoms with Crippen molar-refractivity contribution in [3.05, 3.63) is 120 Å². The summed E-state index contributed by atoms with van der Waals surface area (Å²) >= 11 is 0. The number of benzene rings is 2. The zero-order chi connectivity index (χ0) is 24.3. The second kappa shape index (κ2) is 11.9. The summed E-state index contributed by atoms with van der Waals surface area (Å²) in [5, 5.41) is 5.43. The Morgan fingerprint density at radius 1 is 0.600 bits per heavy atom. The lowest BCUT2D eigenvalue weighted by atomic mass is 10.0. The van der Waals surface area contributed by atoms with Crippen LogP contribution in [0.2, 0.25) is 0 Å². The number of aromatic nitrogens is 2. The van der Waals surface area contributed by atoms with Crippen LogP contribution in [-0.4, -0.2) is 22.2 Å². The van der Waals surface area contributed by atoms with Crippen LogP contribution >= 0.6 is 0 Å². The van der Waals surface area contributed by atoms with Gasteiger partial charge in [-0.3, -0.25) is 20.6 Å². The molecule has 0 aliphatic carbocycles. The summed E-state index contributed by atoms with van der Waals surface area (Å²) in [6.07, 6.45) is 6.29. The molecule has 4 aromatic rings. The molecule has 2 heterocycles. The quantitative estimate of drug-likeness (QED) is 0.351. The summed E-state index contributed by atoms with van der Waals surface area (Å²) < 4.78 is 10.4. The Bertz CT molecular complexity index is 1130. The summed E-state index contributed by atoms with van der Waals surface area (Å²) in [6, 6.07) is 22.3. The van der Waals surface area contributed by atoms with Gasteiger partial charge in [-0.1, -0.05) is 36.4 Å². The summed E-state index contributed by atoms with van der Waals surface area (Å²) in [7, 11) is 0. The van der Waals surface area contributed by atoms with Gasteiger partial charge in [0.1, 0.15) is 13.2 Å². The maximum absolute atomic E-state index is 12.0. The smallest absolute Gasteiger partial charge is 0.411 e. The van der Waals surface area contributed by atoms with Crippen LogP contribution in [0.5, 0.6) is 0 Å². The minimum absolute atomic E-state index is 0.158. The molecule has 0 unspecified atom stereocenters. The Kier molecular flexibility index (Phi) is 8.00. The van der Waals surface area contributed by atoms with Gasteiger partial charge in [0.25, 0.3) is 0 Å². The van der Waals surface area contributed by atoms with Crippen molar-refractivity contribution in [1.29, 1.82) is 0 Å². The van der Waals surface area contributed by atoms with E-state index >= 15 is 0 Å². The summed E-state index contributed by atoms with van der Waals surface area (Å²) in [6.45, 7) is 0.315. The highest BCUT2D eigenvalue weighted by Gasteiger charge is 2.06. The van der Waals surface area contributed by atoms with E-state index < -0.39 is 12.2 Å². The second-order valence-electron chi connectivity index (χ2n) is 7.70. The molecule has 4 rings (SSSR count). The number of rotatable bonds is 8. The van der Waals surface area contributed by atoms with Crippen LogP contribution in [-0.2, 0) is 29.1 Å². The van der Waals surface area contributed by atoms with Gasteiger partial charge in [-0.05, 0) is 53.9 Å². The Labute approximate surface area is 203 Å². The molecule has 0 saturated carbocycles. The minimum Gasteiger partial charge on any atom is -0.444 e. The molecule has 0 aliphatic heterocycles. The van der Waals surface area contributed by atoms with Gasteiger partial charge in [-0.15, -0.1) is 0 Å². The zero-order valence-corrected chi connectivity index (χ0v) is 18.9. The molecule has 8 heteroatoms. The van der Waals surface area contributed by atoms with Crippen molar-refractivity contribution in [3.8, 4) is 0 Å². The molecule has 0 spiro atoms. The number of hydrogen-bond acceptors (Lipinski definition) is 6. The maximum atomic E-state index is 12.0. The Balaban J connectivity index is 1.21. The van der Waals surface area contributed by atoms with Gasteiger partial charge in [0.05, 0.1) is 0 Å². The number of carbonyl (C=O) groups excluding carboxylic acids is 2. The molecule has 2 N–H and O–H groups in total. The molecule has 0 bridgehead atoms. The summed E-state index contributed by atoms with van der Waals surface area (Å²) in [5.74, 6) is 0. The molecule has 0 fully saturated rings. The number of anilines is 2. The van der Waals surface area contributed by atoms with E-state index in [0.29, 0.717) is 17.8 Å². The number of hydrogen-bond donors (Lipinski definition) is 2. The Hall–Kier alpha value is -4.72. The first kappa shape index (κ1) is 23.4. The first-order chi connectivity index (χ1) is 17.1. The van der Waals surface area contributed by atoms with E-state index in [9.17, 15) is 9.59 Å². The van der Waals surface area contributed by atoms with Crippen molar-refractivity contribution in [2.24, 2.45) is 0 Å². The lowest BCUT2D eigenvalue weighted by Crippen LogP contribution is -2.13. The maximum Gasteiger partial charge on any atom is 0.411 e. The number of pyridine rings is 2. The predicted molar refractivity (Wildman–Crippen MR) is 132 cm³/mol.